The molecule has 0 bridgehead atoms. The quantitative estimate of drug-likeness (QED) is 0.491. The van der Waals surface area contributed by atoms with Gasteiger partial charge in [0.2, 0.25) is 0 Å². The lowest BCUT2D eigenvalue weighted by Gasteiger charge is -2.30. The monoisotopic (exact) mass is 110 g/mol. The standard InChI is InChI=1S/C7H10O/c1-2-6-3-4-7(6)5-8/h1,6-8H,3-5H2. The van der Waals surface area contributed by atoms with Gasteiger partial charge in [-0.3, -0.25) is 0 Å². The highest BCUT2D eigenvalue weighted by molar-refractivity contribution is 5.01. The lowest BCUT2D eigenvalue weighted by molar-refractivity contribution is 0.125. The van der Waals surface area contributed by atoms with Crippen LogP contribution in [0.3, 0.4) is 0 Å². The summed E-state index contributed by atoms with van der Waals surface area (Å²) in [6.45, 7) is 0.273. The van der Waals surface area contributed by atoms with Gasteiger partial charge in [0.05, 0.1) is 0 Å². The number of hydrogen-bond acceptors (Lipinski definition) is 1. The predicted molar refractivity (Wildman–Crippen MR) is 32.1 cm³/mol. The molecular formula is C7H10O. The van der Waals surface area contributed by atoms with Crippen molar-refractivity contribution in [3.63, 3.8) is 0 Å². The van der Waals surface area contributed by atoms with Crippen molar-refractivity contribution in [2.45, 2.75) is 12.8 Å². The summed E-state index contributed by atoms with van der Waals surface area (Å²) >= 11 is 0. The van der Waals surface area contributed by atoms with Crippen LogP contribution in [-0.4, -0.2) is 11.7 Å². The number of terminal acetylenes is 1. The van der Waals surface area contributed by atoms with E-state index in [0.29, 0.717) is 11.8 Å². The van der Waals surface area contributed by atoms with Gasteiger partial charge < -0.3 is 5.11 Å². The smallest absolute Gasteiger partial charge is 0.0471 e. The molecule has 0 aromatic carbocycles. The van der Waals surface area contributed by atoms with Crippen molar-refractivity contribution in [1.29, 1.82) is 0 Å². The molecule has 0 aromatic rings. The summed E-state index contributed by atoms with van der Waals surface area (Å²) in [4.78, 5) is 0. The summed E-state index contributed by atoms with van der Waals surface area (Å²) in [5.41, 5.74) is 0. The second-order valence-corrected chi connectivity index (χ2v) is 2.29. The summed E-state index contributed by atoms with van der Waals surface area (Å²) in [5.74, 6) is 3.43. The number of aliphatic hydroxyl groups is 1. The van der Waals surface area contributed by atoms with Crippen molar-refractivity contribution in [2.24, 2.45) is 11.8 Å². The molecule has 2 atom stereocenters. The normalized spacial score (nSPS) is 35.5. The Kier molecular flexibility index (Phi) is 1.55. The van der Waals surface area contributed by atoms with Crippen molar-refractivity contribution in [3.8, 4) is 12.3 Å². The highest BCUT2D eigenvalue weighted by Crippen LogP contribution is 2.32. The topological polar surface area (TPSA) is 20.2 Å². The molecule has 1 nitrogen and oxygen atoms in total. The third-order valence-corrected chi connectivity index (χ3v) is 1.87. The van der Waals surface area contributed by atoms with Gasteiger partial charge in [-0.1, -0.05) is 0 Å². The molecule has 1 aliphatic rings. The zero-order valence-corrected chi connectivity index (χ0v) is 4.80. The number of aliphatic hydroxyl groups excluding tert-OH is 1. The maximum Gasteiger partial charge on any atom is 0.0471 e. The second kappa shape index (κ2) is 2.19. The van der Waals surface area contributed by atoms with E-state index in [0.717, 1.165) is 12.8 Å². The number of hydrogen-bond donors (Lipinski definition) is 1. The van der Waals surface area contributed by atoms with Gasteiger partial charge in [0.25, 0.3) is 0 Å². The molecule has 1 N–H and O–H groups in total. The lowest BCUT2D eigenvalue weighted by Crippen LogP contribution is -2.27. The molecule has 0 radical (unpaired) electrons. The summed E-state index contributed by atoms with van der Waals surface area (Å²) < 4.78 is 0. The molecule has 0 aliphatic heterocycles. The van der Waals surface area contributed by atoms with Gasteiger partial charge in [0, 0.05) is 12.5 Å². The fourth-order valence-corrected chi connectivity index (χ4v) is 1.01. The van der Waals surface area contributed by atoms with Gasteiger partial charge in [0.15, 0.2) is 0 Å². The van der Waals surface area contributed by atoms with E-state index < -0.39 is 0 Å². The Labute approximate surface area is 49.7 Å². The molecule has 1 saturated carbocycles. The van der Waals surface area contributed by atoms with E-state index in [4.69, 9.17) is 11.5 Å². The van der Waals surface area contributed by atoms with Crippen molar-refractivity contribution < 1.29 is 5.11 Å². The maximum absolute atomic E-state index is 8.59. The lowest BCUT2D eigenvalue weighted by atomic mass is 9.75. The highest BCUT2D eigenvalue weighted by atomic mass is 16.3. The third-order valence-electron chi connectivity index (χ3n) is 1.87. The molecule has 8 heavy (non-hydrogen) atoms. The Morgan fingerprint density at radius 2 is 2.38 bits per heavy atom. The Hall–Kier alpha value is -0.480. The van der Waals surface area contributed by atoms with E-state index in [1.807, 2.05) is 0 Å². The highest BCUT2D eigenvalue weighted by Gasteiger charge is 2.27. The summed E-state index contributed by atoms with van der Waals surface area (Å²) in [6.07, 6.45) is 7.37. The first-order valence-electron chi connectivity index (χ1n) is 2.95. The Morgan fingerprint density at radius 3 is 2.50 bits per heavy atom. The molecule has 2 unspecified atom stereocenters. The van der Waals surface area contributed by atoms with Gasteiger partial charge in [-0.15, -0.1) is 12.3 Å². The van der Waals surface area contributed by atoms with Crippen LogP contribution in [0.4, 0.5) is 0 Å². The van der Waals surface area contributed by atoms with Crippen molar-refractivity contribution in [2.75, 3.05) is 6.61 Å². The van der Waals surface area contributed by atoms with Crippen molar-refractivity contribution in [1.82, 2.24) is 0 Å². The van der Waals surface area contributed by atoms with Gasteiger partial charge >= 0.3 is 0 Å². The Bertz CT molecular complexity index is 110. The molecule has 0 spiro atoms. The Balaban J connectivity index is 2.29. The van der Waals surface area contributed by atoms with Crippen LogP contribution in [-0.2, 0) is 0 Å². The van der Waals surface area contributed by atoms with Crippen LogP contribution in [0.2, 0.25) is 0 Å². The van der Waals surface area contributed by atoms with Crippen LogP contribution in [0.5, 0.6) is 0 Å². The van der Waals surface area contributed by atoms with Crippen LogP contribution >= 0.6 is 0 Å². The van der Waals surface area contributed by atoms with Crippen LogP contribution in [0.15, 0.2) is 0 Å². The zero-order valence-electron chi connectivity index (χ0n) is 4.80. The molecule has 1 heteroatoms. The molecule has 0 heterocycles. The van der Waals surface area contributed by atoms with Crippen molar-refractivity contribution in [3.05, 3.63) is 0 Å². The molecule has 1 aliphatic carbocycles. The second-order valence-electron chi connectivity index (χ2n) is 2.29. The van der Waals surface area contributed by atoms with Gasteiger partial charge in [-0.2, -0.15) is 0 Å². The fraction of sp³-hybridized carbons (Fsp3) is 0.714. The van der Waals surface area contributed by atoms with E-state index in [9.17, 15) is 0 Å². The van der Waals surface area contributed by atoms with Crippen LogP contribution in [0.1, 0.15) is 12.8 Å². The summed E-state index contributed by atoms with van der Waals surface area (Å²) in [6, 6.07) is 0. The molecule has 1 rings (SSSR count). The van der Waals surface area contributed by atoms with Crippen molar-refractivity contribution >= 4 is 0 Å². The van der Waals surface area contributed by atoms with E-state index >= 15 is 0 Å². The molecule has 0 saturated heterocycles. The molecular weight excluding hydrogens is 100 g/mol. The van der Waals surface area contributed by atoms with Gasteiger partial charge in [-0.25, -0.2) is 0 Å². The van der Waals surface area contributed by atoms with Gasteiger partial charge in [-0.05, 0) is 18.8 Å². The average Bonchev–Trinajstić information content (AvgIpc) is 1.66. The van der Waals surface area contributed by atoms with E-state index in [1.54, 1.807) is 0 Å². The minimum Gasteiger partial charge on any atom is -0.396 e. The van der Waals surface area contributed by atoms with E-state index in [2.05, 4.69) is 5.92 Å². The summed E-state index contributed by atoms with van der Waals surface area (Å²) in [7, 11) is 0. The predicted octanol–water partition coefficient (Wildman–Crippen LogP) is 0.638. The van der Waals surface area contributed by atoms with Crippen LogP contribution in [0.25, 0.3) is 0 Å². The molecule has 1 fully saturated rings. The summed E-state index contributed by atoms with van der Waals surface area (Å²) in [5, 5.41) is 8.59. The zero-order chi connectivity index (χ0) is 5.98. The number of rotatable bonds is 1. The third kappa shape index (κ3) is 0.719. The Morgan fingerprint density at radius 1 is 1.62 bits per heavy atom. The maximum atomic E-state index is 8.59. The SMILES string of the molecule is C#CC1CCC1CO. The first-order chi connectivity index (χ1) is 3.88. The molecule has 0 amide bonds. The molecule has 0 aromatic heterocycles. The molecule has 44 valence electrons. The first kappa shape index (κ1) is 5.65. The van der Waals surface area contributed by atoms with Gasteiger partial charge in [0.1, 0.15) is 0 Å². The minimum absolute atomic E-state index is 0.273. The van der Waals surface area contributed by atoms with E-state index in [1.165, 1.54) is 0 Å². The minimum atomic E-state index is 0.273. The largest absolute Gasteiger partial charge is 0.396 e. The first-order valence-corrected chi connectivity index (χ1v) is 2.95. The average molecular weight is 110 g/mol. The van der Waals surface area contributed by atoms with Crippen LogP contribution in [0, 0.1) is 24.2 Å². The van der Waals surface area contributed by atoms with E-state index in [-0.39, 0.29) is 6.61 Å². The fourth-order valence-electron chi connectivity index (χ4n) is 1.01. The van der Waals surface area contributed by atoms with Crippen LogP contribution < -0.4 is 0 Å².